The molecule has 0 amide bonds. The molecular weight excluding hydrogens is 416 g/mol. The molecule has 0 aliphatic carbocycles. The van der Waals surface area contributed by atoms with Crippen LogP contribution in [0.1, 0.15) is 51.4 Å². The number of alkyl halides is 2. The Bertz CT molecular complexity index is 263. The molecule has 1 atom stereocenters. The Labute approximate surface area is 121 Å². The first-order chi connectivity index (χ1) is 7.34. The maximum absolute atomic E-state index is 12.0. The van der Waals surface area contributed by atoms with Gasteiger partial charge in [-0.2, -0.15) is 20.8 Å². The van der Waals surface area contributed by atoms with Gasteiger partial charge in [-0.05, 0) is 6.07 Å². The van der Waals surface area contributed by atoms with E-state index < -0.39 is 12.5 Å². The van der Waals surface area contributed by atoms with Crippen LogP contribution < -0.4 is 0 Å². The number of hydrogen-bond donors (Lipinski definition) is 0. The normalized spacial score (nSPS) is 10.9. The molecule has 1 aromatic heterocycles. The Kier molecular flexibility index (Phi) is 14.7. The van der Waals surface area contributed by atoms with Crippen molar-refractivity contribution in [3.63, 3.8) is 0 Å². The summed E-state index contributed by atoms with van der Waals surface area (Å²) in [5.41, 5.74) is 7.66. The molecule has 0 bridgehead atoms. The summed E-state index contributed by atoms with van der Waals surface area (Å²) in [5.74, 6) is 1.42. The Morgan fingerprint density at radius 2 is 1.67 bits per heavy atom. The molecule has 3 nitrogen and oxygen atoms in total. The van der Waals surface area contributed by atoms with Crippen molar-refractivity contribution in [2.24, 2.45) is 0 Å². The molecule has 3 N–H and O–H groups in total. The second-order valence-corrected chi connectivity index (χ2v) is 4.04. The van der Waals surface area contributed by atoms with E-state index in [0.29, 0.717) is 5.69 Å². The molecule has 18 heavy (non-hydrogen) atoms. The van der Waals surface area contributed by atoms with Crippen molar-refractivity contribution in [2.45, 2.75) is 40.2 Å². The van der Waals surface area contributed by atoms with Crippen molar-refractivity contribution in [1.29, 1.82) is 0 Å². The molecule has 0 saturated heterocycles. The Morgan fingerprint density at radius 3 is 1.89 bits per heavy atom. The van der Waals surface area contributed by atoms with Gasteiger partial charge >= 0.3 is 19.8 Å². The van der Waals surface area contributed by atoms with Crippen LogP contribution in [0.5, 0.6) is 0 Å². The molecule has 0 spiro atoms. The first-order valence-corrected chi connectivity index (χ1v) is 5.06. The topological polar surface area (TPSA) is 68.2 Å². The van der Waals surface area contributed by atoms with Crippen LogP contribution >= 0.6 is 0 Å². The van der Waals surface area contributed by atoms with Crippen LogP contribution in [0.25, 0.3) is 5.73 Å². The van der Waals surface area contributed by atoms with Crippen LogP contribution in [0.2, 0.25) is 0 Å². The molecular formula is C12H20F2N2OOs. The number of rotatable bonds is 2. The molecule has 1 rings (SSSR count). The van der Waals surface area contributed by atoms with Gasteiger partial charge in [0, 0.05) is 17.5 Å². The number of halogens is 2. The van der Waals surface area contributed by atoms with Gasteiger partial charge in [0.1, 0.15) is 0 Å². The molecule has 0 aliphatic rings. The fourth-order valence-electron chi connectivity index (χ4n) is 0.802. The maximum atomic E-state index is 12.0. The van der Waals surface area contributed by atoms with Gasteiger partial charge in [0.05, 0.1) is 0 Å². The molecule has 1 aromatic rings. The largest absolute Gasteiger partial charge is 2.00 e. The third-order valence-electron chi connectivity index (χ3n) is 1.50. The zero-order valence-electron chi connectivity index (χ0n) is 10.9. The van der Waals surface area contributed by atoms with Crippen molar-refractivity contribution in [3.8, 4) is 0 Å². The molecule has 0 radical (unpaired) electrons. The molecule has 0 aliphatic heterocycles. The van der Waals surface area contributed by atoms with Crippen LogP contribution in [0, 0.1) is 5.92 Å². The van der Waals surface area contributed by atoms with E-state index in [0.717, 1.165) is 6.20 Å². The fraction of sp³-hybridized carbons (Fsp3) is 0.500. The van der Waals surface area contributed by atoms with Gasteiger partial charge < -0.3 is 17.1 Å². The zero-order valence-corrected chi connectivity index (χ0v) is 13.5. The summed E-state index contributed by atoms with van der Waals surface area (Å²) in [6, 6.07) is 2.30. The van der Waals surface area contributed by atoms with Crippen molar-refractivity contribution in [3.05, 3.63) is 41.2 Å². The average molecular weight is 437 g/mol. The second kappa shape index (κ2) is 11.6. The number of nitrogens with one attached hydrogen (secondary N) is 1. The fourth-order valence-corrected chi connectivity index (χ4v) is 0.802. The standard InChI is InChI=1S/C8H9F2N2.C4H9.H2O.Os/c1-5(11)7-3-2-6(4-12-7)8(9)10;1-4(2)3;;/h2-5,8,11H,1H3;1-3H3;1H2;/q2*-1;;+2/t5-;;;/m0.../s1. The summed E-state index contributed by atoms with van der Waals surface area (Å²) in [5, 5.41) is 0. The average Bonchev–Trinajstić information content (AvgIpc) is 2.17. The summed E-state index contributed by atoms with van der Waals surface area (Å²) in [6.45, 7) is 7.89. The molecule has 6 heteroatoms. The van der Waals surface area contributed by atoms with Gasteiger partial charge in [0.25, 0.3) is 6.43 Å². The minimum Gasteiger partial charge on any atom is -0.670 e. The molecule has 0 fully saturated rings. The van der Waals surface area contributed by atoms with Crippen LogP contribution in [-0.4, -0.2) is 10.5 Å². The van der Waals surface area contributed by atoms with Crippen LogP contribution in [-0.2, 0) is 19.8 Å². The van der Waals surface area contributed by atoms with Crippen LogP contribution in [0.15, 0.2) is 18.3 Å². The van der Waals surface area contributed by atoms with Crippen molar-refractivity contribution in [2.75, 3.05) is 0 Å². The molecule has 0 aromatic carbocycles. The quantitative estimate of drug-likeness (QED) is 0.648. The van der Waals surface area contributed by atoms with E-state index in [1.165, 1.54) is 18.1 Å². The Balaban J connectivity index is -0.000000332. The van der Waals surface area contributed by atoms with E-state index in [9.17, 15) is 8.78 Å². The van der Waals surface area contributed by atoms with E-state index in [1.54, 1.807) is 6.92 Å². The number of aromatic nitrogens is 1. The van der Waals surface area contributed by atoms with Crippen molar-refractivity contribution in [1.82, 2.24) is 4.98 Å². The number of hydrogen-bond acceptors (Lipinski definition) is 1. The van der Waals surface area contributed by atoms with E-state index in [2.05, 4.69) is 25.8 Å². The van der Waals surface area contributed by atoms with Crippen LogP contribution in [0.4, 0.5) is 8.78 Å². The minimum atomic E-state index is -2.48. The third kappa shape index (κ3) is 10.7. The Hall–Kier alpha value is -0.434. The summed E-state index contributed by atoms with van der Waals surface area (Å²) >= 11 is 0. The summed E-state index contributed by atoms with van der Waals surface area (Å²) in [6.07, 6.45) is -1.36. The van der Waals surface area contributed by atoms with E-state index in [1.807, 2.05) is 0 Å². The first kappa shape index (κ1) is 22.7. The predicted octanol–water partition coefficient (Wildman–Crippen LogP) is 3.93. The zero-order chi connectivity index (χ0) is 12.7. The first-order valence-electron chi connectivity index (χ1n) is 5.06. The van der Waals surface area contributed by atoms with Gasteiger partial charge in [0.15, 0.2) is 0 Å². The van der Waals surface area contributed by atoms with Gasteiger partial charge in [-0.3, -0.25) is 4.98 Å². The van der Waals surface area contributed by atoms with Gasteiger partial charge in [0.2, 0.25) is 0 Å². The van der Waals surface area contributed by atoms with Gasteiger partial charge in [-0.25, -0.2) is 8.78 Å². The van der Waals surface area contributed by atoms with Gasteiger partial charge in [-0.1, -0.05) is 19.0 Å². The van der Waals surface area contributed by atoms with E-state index in [-0.39, 0.29) is 30.8 Å². The maximum Gasteiger partial charge on any atom is 2.00 e. The van der Waals surface area contributed by atoms with Gasteiger partial charge in [-0.15, -0.1) is 0 Å². The minimum absolute atomic E-state index is 0. The van der Waals surface area contributed by atoms with Crippen LogP contribution in [0.3, 0.4) is 0 Å². The van der Waals surface area contributed by atoms with E-state index >= 15 is 0 Å². The monoisotopic (exact) mass is 438 g/mol. The smallest absolute Gasteiger partial charge is 0.670 e. The second-order valence-electron chi connectivity index (χ2n) is 4.04. The molecule has 0 unspecified atom stereocenters. The predicted molar refractivity (Wildman–Crippen MR) is 65.8 cm³/mol. The van der Waals surface area contributed by atoms with Crippen molar-refractivity contribution >= 4 is 0 Å². The summed E-state index contributed by atoms with van der Waals surface area (Å²) < 4.78 is 24.0. The molecule has 0 saturated carbocycles. The third-order valence-corrected chi connectivity index (χ3v) is 1.50. The molecule has 106 valence electrons. The SMILES string of the molecule is C[C-](C)C.C[C@H]([NH-])c1ccc(C(F)F)cn1.O.[Os+2]. The number of nitrogens with zero attached hydrogens (tertiary/aromatic N) is 1. The Morgan fingerprint density at radius 1 is 1.22 bits per heavy atom. The number of pyridine rings is 1. The van der Waals surface area contributed by atoms with E-state index in [4.69, 9.17) is 5.73 Å². The van der Waals surface area contributed by atoms with Crippen molar-refractivity contribution < 1.29 is 34.0 Å². The summed E-state index contributed by atoms with van der Waals surface area (Å²) in [4.78, 5) is 3.73. The molecule has 1 heterocycles. The summed E-state index contributed by atoms with van der Waals surface area (Å²) in [7, 11) is 0.